The minimum absolute atomic E-state index is 0.000406. The van der Waals surface area contributed by atoms with Gasteiger partial charge >= 0.3 is 6.09 Å². The molecule has 3 aromatic carbocycles. The zero-order valence-corrected chi connectivity index (χ0v) is 20.8. The van der Waals surface area contributed by atoms with Gasteiger partial charge in [-0.2, -0.15) is 8.42 Å². The molecule has 0 N–H and O–H groups in total. The topological polar surface area (TPSA) is 72.9 Å². The second-order valence-corrected chi connectivity index (χ2v) is 10.5. The molecule has 0 bridgehead atoms. The fourth-order valence-electron chi connectivity index (χ4n) is 4.68. The molecule has 0 saturated carbocycles. The van der Waals surface area contributed by atoms with Crippen molar-refractivity contribution in [3.63, 3.8) is 0 Å². The van der Waals surface area contributed by atoms with E-state index in [0.717, 1.165) is 30.0 Å². The lowest BCUT2D eigenvalue weighted by Gasteiger charge is -2.36. The van der Waals surface area contributed by atoms with Gasteiger partial charge in [0, 0.05) is 18.0 Å². The summed E-state index contributed by atoms with van der Waals surface area (Å²) in [5, 5.41) is 0. The molecular formula is C27H26F3NO5S. The van der Waals surface area contributed by atoms with Crippen molar-refractivity contribution in [3.8, 4) is 0 Å². The van der Waals surface area contributed by atoms with E-state index in [0.29, 0.717) is 18.4 Å². The average molecular weight is 534 g/mol. The van der Waals surface area contributed by atoms with E-state index >= 15 is 4.39 Å². The number of ether oxygens (including phenoxy) is 1. The Morgan fingerprint density at radius 3 is 2.38 bits per heavy atom. The van der Waals surface area contributed by atoms with Gasteiger partial charge in [-0.3, -0.25) is 4.18 Å². The van der Waals surface area contributed by atoms with Crippen LogP contribution in [0.15, 0.2) is 72.8 Å². The minimum Gasteiger partial charge on any atom is -0.445 e. The molecule has 6 nitrogen and oxygen atoms in total. The summed E-state index contributed by atoms with van der Waals surface area (Å²) < 4.78 is 78.8. The SMILES string of the molecule is CS(=O)(=O)O[C@@H]([C@@H](c1ccc(F)cc1)c1cccc(F)c1F)[C@H]1CCCN1C(=O)OCc1ccccc1. The first kappa shape index (κ1) is 26.7. The Hall–Kier alpha value is -3.37. The highest BCUT2D eigenvalue weighted by molar-refractivity contribution is 7.86. The number of carbonyl (C=O) groups excluding carboxylic acids is 1. The summed E-state index contributed by atoms with van der Waals surface area (Å²) in [5.41, 5.74) is 0.885. The fourth-order valence-corrected chi connectivity index (χ4v) is 5.33. The van der Waals surface area contributed by atoms with Gasteiger partial charge in [-0.15, -0.1) is 0 Å². The third-order valence-corrected chi connectivity index (χ3v) is 6.85. The highest BCUT2D eigenvalue weighted by atomic mass is 32.2. The highest BCUT2D eigenvalue weighted by Crippen LogP contribution is 2.39. The maximum atomic E-state index is 15.1. The first-order chi connectivity index (χ1) is 17.6. The number of hydrogen-bond donors (Lipinski definition) is 0. The number of hydrogen-bond acceptors (Lipinski definition) is 5. The molecule has 0 aromatic heterocycles. The van der Waals surface area contributed by atoms with Gasteiger partial charge in [0.25, 0.3) is 10.1 Å². The molecular weight excluding hydrogens is 507 g/mol. The summed E-state index contributed by atoms with van der Waals surface area (Å²) in [6.07, 6.45) is -0.350. The van der Waals surface area contributed by atoms with Crippen LogP contribution in [0.5, 0.6) is 0 Å². The molecule has 196 valence electrons. The number of rotatable bonds is 8. The maximum absolute atomic E-state index is 15.1. The molecule has 1 heterocycles. The molecule has 3 aromatic rings. The molecule has 3 atom stereocenters. The van der Waals surface area contributed by atoms with Gasteiger partial charge < -0.3 is 9.64 Å². The standard InChI is InChI=1S/C27H26F3NO5S/c1-37(33,34)36-26(23-11-6-16-31(23)27(32)35-17-18-7-3-2-4-8-18)24(19-12-14-20(28)15-13-19)21-9-5-10-22(29)25(21)30/h2-5,7-10,12-15,23-24,26H,6,11,16-17H2,1H3/t23-,24+,26-/m1/s1. The van der Waals surface area contributed by atoms with Crippen LogP contribution in [0.3, 0.4) is 0 Å². The van der Waals surface area contributed by atoms with Crippen LogP contribution in [-0.4, -0.2) is 44.4 Å². The number of benzene rings is 3. The third-order valence-electron chi connectivity index (χ3n) is 6.28. The monoisotopic (exact) mass is 533 g/mol. The van der Waals surface area contributed by atoms with Crippen molar-refractivity contribution < 1.29 is 35.3 Å². The number of nitrogens with zero attached hydrogens (tertiary/aromatic N) is 1. The van der Waals surface area contributed by atoms with Gasteiger partial charge in [0.1, 0.15) is 18.5 Å². The van der Waals surface area contributed by atoms with Crippen molar-refractivity contribution in [1.29, 1.82) is 0 Å². The number of halogens is 3. The molecule has 37 heavy (non-hydrogen) atoms. The van der Waals surface area contributed by atoms with Gasteiger partial charge in [0.2, 0.25) is 0 Å². The summed E-state index contributed by atoms with van der Waals surface area (Å²) in [6.45, 7) is 0.254. The van der Waals surface area contributed by atoms with E-state index in [-0.39, 0.29) is 18.7 Å². The van der Waals surface area contributed by atoms with Crippen molar-refractivity contribution in [3.05, 3.63) is 107 Å². The fraction of sp³-hybridized carbons (Fsp3) is 0.296. The first-order valence-electron chi connectivity index (χ1n) is 11.7. The summed E-state index contributed by atoms with van der Waals surface area (Å²) in [6, 6.07) is 16.7. The number of likely N-dealkylation sites (tertiary alicyclic amines) is 1. The zero-order valence-electron chi connectivity index (χ0n) is 20.0. The predicted molar refractivity (Wildman–Crippen MR) is 131 cm³/mol. The Morgan fingerprint density at radius 1 is 1.00 bits per heavy atom. The van der Waals surface area contributed by atoms with E-state index in [1.807, 2.05) is 6.07 Å². The molecule has 0 spiro atoms. The van der Waals surface area contributed by atoms with Crippen molar-refractivity contribution >= 4 is 16.2 Å². The molecule has 10 heteroatoms. The van der Waals surface area contributed by atoms with Crippen molar-refractivity contribution in [2.24, 2.45) is 0 Å². The van der Waals surface area contributed by atoms with Crippen LogP contribution < -0.4 is 0 Å². The van der Waals surface area contributed by atoms with E-state index in [1.54, 1.807) is 24.3 Å². The Bertz CT molecular complexity index is 1340. The molecule has 0 aliphatic carbocycles. The summed E-state index contributed by atoms with van der Waals surface area (Å²) in [4.78, 5) is 14.4. The van der Waals surface area contributed by atoms with Gasteiger partial charge in [-0.25, -0.2) is 18.0 Å². The van der Waals surface area contributed by atoms with Crippen LogP contribution in [-0.2, 0) is 25.6 Å². The normalized spacial score (nSPS) is 17.4. The predicted octanol–water partition coefficient (Wildman–Crippen LogP) is 5.38. The second kappa shape index (κ2) is 11.4. The average Bonchev–Trinajstić information content (AvgIpc) is 3.36. The van der Waals surface area contributed by atoms with Crippen LogP contribution in [0.25, 0.3) is 0 Å². The lowest BCUT2D eigenvalue weighted by molar-refractivity contribution is 0.0545. The molecule has 1 amide bonds. The van der Waals surface area contributed by atoms with E-state index in [2.05, 4.69) is 0 Å². The molecule has 0 unspecified atom stereocenters. The van der Waals surface area contributed by atoms with E-state index < -0.39 is 51.7 Å². The third kappa shape index (κ3) is 6.50. The van der Waals surface area contributed by atoms with E-state index in [4.69, 9.17) is 8.92 Å². The Balaban J connectivity index is 1.74. The molecule has 4 rings (SSSR count). The second-order valence-electron chi connectivity index (χ2n) is 8.88. The van der Waals surface area contributed by atoms with Crippen LogP contribution in [0.1, 0.15) is 35.4 Å². The van der Waals surface area contributed by atoms with E-state index in [9.17, 15) is 22.0 Å². The van der Waals surface area contributed by atoms with Crippen LogP contribution in [0.4, 0.5) is 18.0 Å². The lowest BCUT2D eigenvalue weighted by Crippen LogP contribution is -2.47. The molecule has 0 radical (unpaired) electrons. The molecule has 1 saturated heterocycles. The first-order valence-corrected chi connectivity index (χ1v) is 13.5. The lowest BCUT2D eigenvalue weighted by atomic mass is 9.82. The molecule has 1 fully saturated rings. The highest BCUT2D eigenvalue weighted by Gasteiger charge is 2.44. The smallest absolute Gasteiger partial charge is 0.410 e. The van der Waals surface area contributed by atoms with E-state index in [1.165, 1.54) is 29.2 Å². The zero-order chi connectivity index (χ0) is 26.6. The van der Waals surface area contributed by atoms with Crippen molar-refractivity contribution in [1.82, 2.24) is 4.90 Å². The van der Waals surface area contributed by atoms with Gasteiger partial charge in [0.05, 0.1) is 12.3 Å². The summed E-state index contributed by atoms with van der Waals surface area (Å²) in [7, 11) is -4.13. The Kier molecular flexibility index (Phi) is 8.19. The molecule has 1 aliphatic rings. The maximum Gasteiger partial charge on any atom is 0.410 e. The van der Waals surface area contributed by atoms with Crippen LogP contribution in [0.2, 0.25) is 0 Å². The number of amides is 1. The van der Waals surface area contributed by atoms with Crippen molar-refractivity contribution in [2.75, 3.05) is 12.8 Å². The van der Waals surface area contributed by atoms with Crippen molar-refractivity contribution in [2.45, 2.75) is 37.5 Å². The van der Waals surface area contributed by atoms with Gasteiger partial charge in [-0.05, 0) is 42.2 Å². The molecule has 1 aliphatic heterocycles. The largest absolute Gasteiger partial charge is 0.445 e. The van der Waals surface area contributed by atoms with Crippen LogP contribution >= 0.6 is 0 Å². The summed E-state index contributed by atoms with van der Waals surface area (Å²) >= 11 is 0. The quantitative estimate of drug-likeness (QED) is 0.364. The van der Waals surface area contributed by atoms with Gasteiger partial charge in [0.15, 0.2) is 11.6 Å². The van der Waals surface area contributed by atoms with Gasteiger partial charge in [-0.1, -0.05) is 54.6 Å². The number of carbonyl (C=O) groups is 1. The summed E-state index contributed by atoms with van der Waals surface area (Å²) in [5.74, 6) is -4.06. The minimum atomic E-state index is -4.13. The Labute approximate surface area is 213 Å². The van der Waals surface area contributed by atoms with Crippen LogP contribution in [0, 0.1) is 17.5 Å². The Morgan fingerprint density at radius 2 is 1.70 bits per heavy atom.